The van der Waals surface area contributed by atoms with Gasteiger partial charge in [0.1, 0.15) is 0 Å². The van der Waals surface area contributed by atoms with Gasteiger partial charge >= 0.3 is 0 Å². The number of fused-ring (bicyclic) bond motifs is 1. The van der Waals surface area contributed by atoms with E-state index in [0.29, 0.717) is 10.8 Å². The maximum atomic E-state index is 12.0. The summed E-state index contributed by atoms with van der Waals surface area (Å²) in [7, 11) is -7.32. The van der Waals surface area contributed by atoms with Crippen molar-refractivity contribution in [2.45, 2.75) is 16.7 Å². The molecule has 0 unspecified atom stereocenters. The summed E-state index contributed by atoms with van der Waals surface area (Å²) in [5.41, 5.74) is 0. The van der Waals surface area contributed by atoms with Crippen LogP contribution in [0.2, 0.25) is 0 Å². The highest BCUT2D eigenvalue weighted by molar-refractivity contribution is 7.91. The molecule has 5 nitrogen and oxygen atoms in total. The van der Waals surface area contributed by atoms with Crippen LogP contribution in [0.4, 0.5) is 0 Å². The standard InChI is InChI=1S/C12H13NO4S2/c1-2-18(14,15)11-7-8-12(19(13,16)17)10-6-4-3-5-9(10)11/h3-8H,2H2,1H3,(H2,13,16,17). The van der Waals surface area contributed by atoms with E-state index in [1.165, 1.54) is 19.1 Å². The lowest BCUT2D eigenvalue weighted by Gasteiger charge is -2.09. The molecule has 0 atom stereocenters. The maximum Gasteiger partial charge on any atom is 0.238 e. The molecule has 102 valence electrons. The average molecular weight is 299 g/mol. The number of benzene rings is 2. The Kier molecular flexibility index (Phi) is 3.38. The number of sulfone groups is 1. The van der Waals surface area contributed by atoms with Gasteiger partial charge in [-0.15, -0.1) is 0 Å². The molecule has 0 radical (unpaired) electrons. The fraction of sp³-hybridized carbons (Fsp3) is 0.167. The lowest BCUT2D eigenvalue weighted by molar-refractivity contribution is 0.595. The highest BCUT2D eigenvalue weighted by atomic mass is 32.2. The fourth-order valence-electron chi connectivity index (χ4n) is 1.92. The molecule has 2 N–H and O–H groups in total. The van der Waals surface area contributed by atoms with E-state index in [0.717, 1.165) is 0 Å². The van der Waals surface area contributed by atoms with Gasteiger partial charge in [-0.05, 0) is 12.1 Å². The second-order valence-corrected chi connectivity index (χ2v) is 7.83. The van der Waals surface area contributed by atoms with E-state index >= 15 is 0 Å². The molecule has 2 rings (SSSR count). The minimum absolute atomic E-state index is 0.0499. The average Bonchev–Trinajstić information content (AvgIpc) is 2.36. The predicted octanol–water partition coefficient (Wildman–Crippen LogP) is 1.28. The largest absolute Gasteiger partial charge is 0.238 e. The normalized spacial score (nSPS) is 12.7. The zero-order chi connectivity index (χ0) is 14.3. The number of hydrogen-bond donors (Lipinski definition) is 1. The van der Waals surface area contributed by atoms with Crippen LogP contribution < -0.4 is 5.14 Å². The zero-order valence-corrected chi connectivity index (χ0v) is 11.8. The molecule has 0 aliphatic rings. The summed E-state index contributed by atoms with van der Waals surface area (Å²) < 4.78 is 47.0. The van der Waals surface area contributed by atoms with Crippen LogP contribution in [0.3, 0.4) is 0 Å². The Labute approximate surface area is 112 Å². The first kappa shape index (κ1) is 14.0. The Morgan fingerprint density at radius 3 is 1.84 bits per heavy atom. The van der Waals surface area contributed by atoms with Crippen LogP contribution in [-0.4, -0.2) is 22.6 Å². The first-order valence-electron chi connectivity index (χ1n) is 5.54. The van der Waals surface area contributed by atoms with Gasteiger partial charge in [0.05, 0.1) is 15.5 Å². The first-order valence-corrected chi connectivity index (χ1v) is 8.74. The van der Waals surface area contributed by atoms with Crippen LogP contribution in [-0.2, 0) is 19.9 Å². The van der Waals surface area contributed by atoms with Gasteiger partial charge in [-0.25, -0.2) is 22.0 Å². The zero-order valence-electron chi connectivity index (χ0n) is 10.2. The summed E-state index contributed by atoms with van der Waals surface area (Å²) in [5.74, 6) is -0.0499. The molecule has 0 spiro atoms. The third kappa shape index (κ3) is 2.49. The van der Waals surface area contributed by atoms with Gasteiger partial charge in [0, 0.05) is 10.8 Å². The first-order chi connectivity index (χ1) is 8.77. The molecule has 2 aromatic rings. The van der Waals surface area contributed by atoms with Gasteiger partial charge in [0.15, 0.2) is 9.84 Å². The molecular formula is C12H13NO4S2. The Balaban J connectivity index is 2.96. The second-order valence-electron chi connectivity index (χ2n) is 4.06. The third-order valence-corrected chi connectivity index (χ3v) is 5.62. The maximum absolute atomic E-state index is 12.0. The molecule has 0 amide bonds. The molecule has 0 aliphatic heterocycles. The molecule has 7 heteroatoms. The Hall–Kier alpha value is -1.44. The third-order valence-electron chi connectivity index (χ3n) is 2.87. The molecule has 2 aromatic carbocycles. The summed E-state index contributed by atoms with van der Waals surface area (Å²) in [6.07, 6.45) is 0. The van der Waals surface area contributed by atoms with Crippen LogP contribution >= 0.6 is 0 Å². The van der Waals surface area contributed by atoms with Crippen LogP contribution in [0.1, 0.15) is 6.92 Å². The van der Waals surface area contributed by atoms with Gasteiger partial charge in [0.25, 0.3) is 0 Å². The minimum atomic E-state index is -3.89. The minimum Gasteiger partial charge on any atom is -0.225 e. The number of hydrogen-bond acceptors (Lipinski definition) is 4. The molecule has 0 saturated heterocycles. The molecule has 0 aromatic heterocycles. The second kappa shape index (κ2) is 4.59. The molecule has 0 fully saturated rings. The van der Waals surface area contributed by atoms with E-state index in [1.54, 1.807) is 24.3 Å². The van der Waals surface area contributed by atoms with Crippen molar-refractivity contribution >= 4 is 30.6 Å². The van der Waals surface area contributed by atoms with Crippen LogP contribution in [0.15, 0.2) is 46.2 Å². The predicted molar refractivity (Wildman–Crippen MR) is 73.0 cm³/mol. The van der Waals surface area contributed by atoms with Crippen molar-refractivity contribution in [3.05, 3.63) is 36.4 Å². The number of nitrogens with two attached hydrogens (primary N) is 1. The van der Waals surface area contributed by atoms with Crippen molar-refractivity contribution in [1.29, 1.82) is 0 Å². The van der Waals surface area contributed by atoms with Crippen molar-refractivity contribution < 1.29 is 16.8 Å². The van der Waals surface area contributed by atoms with Crippen molar-refractivity contribution in [3.63, 3.8) is 0 Å². The van der Waals surface area contributed by atoms with Crippen molar-refractivity contribution in [2.75, 3.05) is 5.75 Å². The highest BCUT2D eigenvalue weighted by Gasteiger charge is 2.20. The van der Waals surface area contributed by atoms with E-state index in [4.69, 9.17) is 5.14 Å². The monoisotopic (exact) mass is 299 g/mol. The van der Waals surface area contributed by atoms with Crippen LogP contribution in [0.5, 0.6) is 0 Å². The van der Waals surface area contributed by atoms with Crippen LogP contribution in [0.25, 0.3) is 10.8 Å². The highest BCUT2D eigenvalue weighted by Crippen LogP contribution is 2.28. The Morgan fingerprint density at radius 1 is 0.895 bits per heavy atom. The van der Waals surface area contributed by atoms with E-state index in [1.807, 2.05) is 0 Å². The summed E-state index contributed by atoms with van der Waals surface area (Å²) in [5, 5.41) is 5.83. The fourth-order valence-corrected chi connectivity index (χ4v) is 3.76. The Bertz CT molecular complexity index is 839. The Morgan fingerprint density at radius 2 is 1.37 bits per heavy atom. The number of rotatable bonds is 3. The van der Waals surface area contributed by atoms with E-state index in [9.17, 15) is 16.8 Å². The van der Waals surface area contributed by atoms with Gasteiger partial charge in [-0.3, -0.25) is 0 Å². The summed E-state index contributed by atoms with van der Waals surface area (Å²) in [4.78, 5) is 0.0520. The van der Waals surface area contributed by atoms with Crippen LogP contribution in [0, 0.1) is 0 Å². The molecule has 19 heavy (non-hydrogen) atoms. The van der Waals surface area contributed by atoms with E-state index < -0.39 is 19.9 Å². The van der Waals surface area contributed by atoms with Gasteiger partial charge in [-0.1, -0.05) is 31.2 Å². The molecule has 0 aliphatic carbocycles. The molecule has 0 bridgehead atoms. The van der Waals surface area contributed by atoms with Gasteiger partial charge < -0.3 is 0 Å². The van der Waals surface area contributed by atoms with Crippen molar-refractivity contribution in [1.82, 2.24) is 0 Å². The van der Waals surface area contributed by atoms with Gasteiger partial charge in [0.2, 0.25) is 10.0 Å². The summed E-state index contributed by atoms with van der Waals surface area (Å²) in [6, 6.07) is 8.95. The van der Waals surface area contributed by atoms with E-state index in [2.05, 4.69) is 0 Å². The smallest absolute Gasteiger partial charge is 0.225 e. The van der Waals surface area contributed by atoms with E-state index in [-0.39, 0.29) is 15.5 Å². The van der Waals surface area contributed by atoms with Crippen molar-refractivity contribution in [2.24, 2.45) is 5.14 Å². The quantitative estimate of drug-likeness (QED) is 0.923. The van der Waals surface area contributed by atoms with Gasteiger partial charge in [-0.2, -0.15) is 0 Å². The molecule has 0 heterocycles. The van der Waals surface area contributed by atoms with Crippen molar-refractivity contribution in [3.8, 4) is 0 Å². The number of primary sulfonamides is 1. The lowest BCUT2D eigenvalue weighted by atomic mass is 10.1. The lowest BCUT2D eigenvalue weighted by Crippen LogP contribution is -2.13. The summed E-state index contributed by atoms with van der Waals surface area (Å²) in [6.45, 7) is 1.54. The molecular weight excluding hydrogens is 286 g/mol. The SMILES string of the molecule is CCS(=O)(=O)c1ccc(S(N)(=O)=O)c2ccccc12. The summed E-state index contributed by atoms with van der Waals surface area (Å²) >= 11 is 0. The molecule has 0 saturated carbocycles. The topological polar surface area (TPSA) is 94.3 Å². The number of sulfonamides is 1.